The standard InChI is InChI=1S/C2HClO3.K/c3-1(4)2(5)6;/h(H,5,6);/q;+1/p-1. The van der Waals surface area contributed by atoms with Gasteiger partial charge in [0.1, 0.15) is 5.97 Å². The van der Waals surface area contributed by atoms with Gasteiger partial charge in [0.2, 0.25) is 0 Å². The van der Waals surface area contributed by atoms with E-state index in [1.54, 1.807) is 0 Å². The number of carbonyl (C=O) groups excluding carboxylic acids is 2. The molecule has 0 aromatic carbocycles. The Morgan fingerprint density at radius 1 is 1.43 bits per heavy atom. The van der Waals surface area contributed by atoms with Crippen molar-refractivity contribution in [3.8, 4) is 0 Å². The van der Waals surface area contributed by atoms with E-state index in [0.717, 1.165) is 0 Å². The summed E-state index contributed by atoms with van der Waals surface area (Å²) in [6.07, 6.45) is 0. The molecule has 0 saturated heterocycles. The number of hydrogen-bond acceptors (Lipinski definition) is 3. The molecule has 0 fully saturated rings. The zero-order valence-electron chi connectivity index (χ0n) is 3.60. The summed E-state index contributed by atoms with van der Waals surface area (Å²) in [6, 6.07) is 0. The minimum atomic E-state index is -1.86. The molecule has 0 atom stereocenters. The van der Waals surface area contributed by atoms with E-state index in [4.69, 9.17) is 9.90 Å². The molecule has 7 heavy (non-hydrogen) atoms. The summed E-state index contributed by atoms with van der Waals surface area (Å²) in [7, 11) is 0. The van der Waals surface area contributed by atoms with Crippen LogP contribution in [0.2, 0.25) is 0 Å². The maximum absolute atomic E-state index is 9.25. The van der Waals surface area contributed by atoms with Gasteiger partial charge in [-0.25, -0.2) is 0 Å². The van der Waals surface area contributed by atoms with Gasteiger partial charge in [0.25, 0.3) is 5.24 Å². The zero-order valence-corrected chi connectivity index (χ0v) is 7.48. The molecule has 5 heteroatoms. The average molecular weight is 147 g/mol. The Bertz CT molecular complexity index is 78.9. The summed E-state index contributed by atoms with van der Waals surface area (Å²) in [5.41, 5.74) is 0. The number of carboxylic acids is 1. The van der Waals surface area contributed by atoms with Gasteiger partial charge in [-0.2, -0.15) is 0 Å². The first kappa shape index (κ1) is 10.9. The molecule has 0 aliphatic rings. The fraction of sp³-hybridized carbons (Fsp3) is 0. The van der Waals surface area contributed by atoms with Gasteiger partial charge in [0, 0.05) is 0 Å². The van der Waals surface area contributed by atoms with Gasteiger partial charge in [0.15, 0.2) is 0 Å². The molecular weight excluding hydrogens is 147 g/mol. The summed E-state index contributed by atoms with van der Waals surface area (Å²) in [5, 5.41) is 7.64. The fourth-order valence-corrected chi connectivity index (χ4v) is 0. The van der Waals surface area contributed by atoms with Gasteiger partial charge in [-0.1, -0.05) is 0 Å². The second kappa shape index (κ2) is 5.21. The smallest absolute Gasteiger partial charge is 0.541 e. The summed E-state index contributed by atoms with van der Waals surface area (Å²) >= 11 is 4.31. The van der Waals surface area contributed by atoms with Crippen LogP contribution in [0.1, 0.15) is 0 Å². The number of carbonyl (C=O) groups is 2. The Morgan fingerprint density at radius 2 is 1.57 bits per heavy atom. The monoisotopic (exact) mass is 146 g/mol. The topological polar surface area (TPSA) is 57.2 Å². The van der Waals surface area contributed by atoms with Crippen LogP contribution in [0.15, 0.2) is 0 Å². The van der Waals surface area contributed by atoms with E-state index in [1.807, 2.05) is 0 Å². The molecule has 0 saturated carbocycles. The number of hydrogen-bond donors (Lipinski definition) is 0. The van der Waals surface area contributed by atoms with Crippen molar-refractivity contribution in [1.29, 1.82) is 0 Å². The Labute approximate surface area is 87.4 Å². The van der Waals surface area contributed by atoms with Crippen molar-refractivity contribution in [2.75, 3.05) is 0 Å². The second-order valence-electron chi connectivity index (χ2n) is 0.561. The number of carboxylic acid groups (broad SMARTS) is 1. The second-order valence-corrected chi connectivity index (χ2v) is 0.904. The van der Waals surface area contributed by atoms with Crippen molar-refractivity contribution >= 4 is 22.8 Å². The maximum atomic E-state index is 9.25. The molecule has 0 amide bonds. The van der Waals surface area contributed by atoms with E-state index in [0.29, 0.717) is 0 Å². The van der Waals surface area contributed by atoms with E-state index in [-0.39, 0.29) is 51.4 Å². The molecule has 0 heterocycles. The van der Waals surface area contributed by atoms with Gasteiger partial charge in [0.05, 0.1) is 0 Å². The van der Waals surface area contributed by atoms with Crippen molar-refractivity contribution in [1.82, 2.24) is 0 Å². The molecule has 0 rings (SSSR count). The molecule has 0 aromatic heterocycles. The SMILES string of the molecule is O=C([O-])C(=O)Cl.[K+]. The molecule has 0 N–H and O–H groups in total. The van der Waals surface area contributed by atoms with Gasteiger partial charge in [-0.15, -0.1) is 0 Å². The number of aliphatic carboxylic acids is 1. The summed E-state index contributed by atoms with van der Waals surface area (Å²) in [4.78, 5) is 18.4. The van der Waals surface area contributed by atoms with E-state index >= 15 is 0 Å². The van der Waals surface area contributed by atoms with Crippen LogP contribution in [0.5, 0.6) is 0 Å². The Hall–Kier alpha value is 1.07. The minimum Gasteiger partial charge on any atom is -0.541 e. The Balaban J connectivity index is 0. The largest absolute Gasteiger partial charge is 1.00 e. The van der Waals surface area contributed by atoms with Crippen LogP contribution in [0.25, 0.3) is 0 Å². The third-order valence-electron chi connectivity index (χ3n) is 0.160. The van der Waals surface area contributed by atoms with Crippen molar-refractivity contribution in [3.63, 3.8) is 0 Å². The van der Waals surface area contributed by atoms with Crippen LogP contribution in [-0.2, 0) is 9.59 Å². The van der Waals surface area contributed by atoms with E-state index in [1.165, 1.54) is 0 Å². The molecule has 0 aromatic rings. The van der Waals surface area contributed by atoms with Gasteiger partial charge < -0.3 is 9.90 Å². The van der Waals surface area contributed by atoms with E-state index in [9.17, 15) is 4.79 Å². The van der Waals surface area contributed by atoms with E-state index in [2.05, 4.69) is 11.6 Å². The van der Waals surface area contributed by atoms with Crippen molar-refractivity contribution < 1.29 is 66.1 Å². The van der Waals surface area contributed by atoms with Crippen molar-refractivity contribution in [2.45, 2.75) is 0 Å². The van der Waals surface area contributed by atoms with Gasteiger partial charge in [-0.05, 0) is 11.6 Å². The maximum Gasteiger partial charge on any atom is 1.00 e. The van der Waals surface area contributed by atoms with Crippen molar-refractivity contribution in [2.24, 2.45) is 0 Å². The molecule has 3 nitrogen and oxygen atoms in total. The molecular formula is C2ClKO3. The first-order valence-electron chi connectivity index (χ1n) is 1.05. The van der Waals surface area contributed by atoms with Crippen LogP contribution in [-0.4, -0.2) is 11.2 Å². The Kier molecular flexibility index (Phi) is 8.14. The molecule has 0 aliphatic heterocycles. The van der Waals surface area contributed by atoms with Gasteiger partial charge >= 0.3 is 51.4 Å². The molecule has 0 spiro atoms. The summed E-state index contributed by atoms with van der Waals surface area (Å²) in [5.74, 6) is -1.86. The normalized spacial score (nSPS) is 6.43. The minimum absolute atomic E-state index is 0. The van der Waals surface area contributed by atoms with Gasteiger partial charge in [-0.3, -0.25) is 4.79 Å². The molecule has 0 aliphatic carbocycles. The predicted molar refractivity (Wildman–Crippen MR) is 15.9 cm³/mol. The van der Waals surface area contributed by atoms with Crippen LogP contribution in [0.4, 0.5) is 0 Å². The first-order chi connectivity index (χ1) is 2.64. The predicted octanol–water partition coefficient (Wildman–Crippen LogP) is -4.49. The molecule has 34 valence electrons. The quantitative estimate of drug-likeness (QED) is 0.213. The number of rotatable bonds is 1. The van der Waals surface area contributed by atoms with Crippen LogP contribution >= 0.6 is 11.6 Å². The van der Waals surface area contributed by atoms with Crippen LogP contribution in [0.3, 0.4) is 0 Å². The fourth-order valence-electron chi connectivity index (χ4n) is 0. The third-order valence-corrected chi connectivity index (χ3v) is 0.315. The molecule has 0 unspecified atom stereocenters. The summed E-state index contributed by atoms with van der Waals surface area (Å²) < 4.78 is 0. The first-order valence-corrected chi connectivity index (χ1v) is 1.43. The molecule has 0 radical (unpaired) electrons. The summed E-state index contributed by atoms with van der Waals surface area (Å²) in [6.45, 7) is 0. The van der Waals surface area contributed by atoms with E-state index < -0.39 is 11.2 Å². The average Bonchev–Trinajstić information content (AvgIpc) is 1.36. The van der Waals surface area contributed by atoms with Crippen LogP contribution < -0.4 is 56.5 Å². The molecule has 0 bridgehead atoms. The zero-order chi connectivity index (χ0) is 5.15. The van der Waals surface area contributed by atoms with Crippen molar-refractivity contribution in [3.05, 3.63) is 0 Å². The number of halogens is 1. The Morgan fingerprint density at radius 3 is 1.57 bits per heavy atom. The third kappa shape index (κ3) is 7.07. The van der Waals surface area contributed by atoms with Crippen LogP contribution in [0, 0.1) is 0 Å².